The molecule has 4 heterocycles. The minimum atomic E-state index is 0.605. The molecule has 0 saturated carbocycles. The van der Waals surface area contributed by atoms with Crippen LogP contribution in [0.2, 0.25) is 0 Å². The molecule has 4 aromatic heterocycles. The number of aryl methyl sites for hydroxylation is 2. The average Bonchev–Trinajstić information content (AvgIpc) is 3.64. The van der Waals surface area contributed by atoms with E-state index < -0.39 is 0 Å². The van der Waals surface area contributed by atoms with Crippen molar-refractivity contribution in [3.05, 3.63) is 127 Å². The Kier molecular flexibility index (Phi) is 5.23. The highest BCUT2D eigenvalue weighted by molar-refractivity contribution is 6.18. The van der Waals surface area contributed by atoms with Crippen molar-refractivity contribution in [1.82, 2.24) is 19.4 Å². The third-order valence-electron chi connectivity index (χ3n) is 8.59. The largest absolute Gasteiger partial charge is 0.456 e. The van der Waals surface area contributed by atoms with Crippen LogP contribution in [0.5, 0.6) is 0 Å². The standard InChI is InChI=1S/C38H26N5O/c1-23-10-9-15-28-29-22-33-30(21-31(29)43-19-18-42(2)38(43)34(23)28)27-17-16-26(20-32(27)44-33)37-40-35(24-11-5-3-6-12-24)39-36(41-37)25-13-7-4-8-14-25/h3-22H,1-2H3/q+1. The second-order valence-corrected chi connectivity index (χ2v) is 11.3. The van der Waals surface area contributed by atoms with Crippen LogP contribution in [-0.2, 0) is 7.05 Å². The fourth-order valence-corrected chi connectivity index (χ4v) is 6.46. The van der Waals surface area contributed by atoms with Crippen LogP contribution in [0.4, 0.5) is 0 Å². The molecule has 208 valence electrons. The summed E-state index contributed by atoms with van der Waals surface area (Å²) >= 11 is 0. The van der Waals surface area contributed by atoms with Gasteiger partial charge < -0.3 is 4.42 Å². The number of pyridine rings is 1. The zero-order valence-electron chi connectivity index (χ0n) is 24.2. The summed E-state index contributed by atoms with van der Waals surface area (Å²) in [5.74, 6) is 1.88. The first kappa shape index (κ1) is 24.7. The Hall–Kier alpha value is -5.88. The van der Waals surface area contributed by atoms with Crippen molar-refractivity contribution in [2.75, 3.05) is 0 Å². The minimum absolute atomic E-state index is 0.605. The van der Waals surface area contributed by atoms with Gasteiger partial charge in [-0.05, 0) is 36.8 Å². The first-order valence-corrected chi connectivity index (χ1v) is 14.7. The monoisotopic (exact) mass is 568 g/mol. The summed E-state index contributed by atoms with van der Waals surface area (Å²) in [4.78, 5) is 14.7. The van der Waals surface area contributed by atoms with E-state index in [9.17, 15) is 0 Å². The van der Waals surface area contributed by atoms with Crippen molar-refractivity contribution >= 4 is 49.3 Å². The third-order valence-corrected chi connectivity index (χ3v) is 8.59. The number of hydrogen-bond donors (Lipinski definition) is 0. The maximum absolute atomic E-state index is 6.56. The van der Waals surface area contributed by atoms with Crippen LogP contribution >= 0.6 is 0 Å². The van der Waals surface area contributed by atoms with Crippen molar-refractivity contribution in [3.63, 3.8) is 0 Å². The smallest absolute Gasteiger partial charge is 0.294 e. The van der Waals surface area contributed by atoms with Crippen molar-refractivity contribution < 1.29 is 8.98 Å². The van der Waals surface area contributed by atoms with Crippen molar-refractivity contribution in [2.45, 2.75) is 6.92 Å². The molecule has 0 aliphatic rings. The van der Waals surface area contributed by atoms with Gasteiger partial charge in [0.2, 0.25) is 0 Å². The summed E-state index contributed by atoms with van der Waals surface area (Å²) in [6.07, 6.45) is 4.26. The number of aromatic nitrogens is 5. The maximum Gasteiger partial charge on any atom is 0.294 e. The molecule has 0 saturated heterocycles. The molecule has 0 radical (unpaired) electrons. The number of rotatable bonds is 3. The van der Waals surface area contributed by atoms with Gasteiger partial charge in [-0.3, -0.25) is 0 Å². The molecule has 5 aromatic carbocycles. The molecule has 9 rings (SSSR count). The lowest BCUT2D eigenvalue weighted by atomic mass is 10.0. The molecule has 6 nitrogen and oxygen atoms in total. The molecule has 0 aliphatic heterocycles. The summed E-state index contributed by atoms with van der Waals surface area (Å²) in [6, 6.07) is 37.3. The van der Waals surface area contributed by atoms with Crippen LogP contribution in [0.3, 0.4) is 0 Å². The molecule has 0 spiro atoms. The van der Waals surface area contributed by atoms with E-state index in [1.165, 1.54) is 22.0 Å². The van der Waals surface area contributed by atoms with E-state index in [1.807, 2.05) is 66.7 Å². The van der Waals surface area contributed by atoms with Crippen LogP contribution in [-0.4, -0.2) is 19.4 Å². The molecule has 0 atom stereocenters. The molecular weight excluding hydrogens is 542 g/mol. The quantitative estimate of drug-likeness (QED) is 0.158. The van der Waals surface area contributed by atoms with Gasteiger partial charge in [-0.2, -0.15) is 4.40 Å². The highest BCUT2D eigenvalue weighted by atomic mass is 16.3. The van der Waals surface area contributed by atoms with E-state index in [2.05, 4.69) is 77.8 Å². The summed E-state index contributed by atoms with van der Waals surface area (Å²) in [5.41, 5.74) is 7.99. The van der Waals surface area contributed by atoms with Crippen LogP contribution < -0.4 is 4.57 Å². The van der Waals surface area contributed by atoms with Crippen molar-refractivity contribution in [3.8, 4) is 34.2 Å². The molecule has 0 aliphatic carbocycles. The van der Waals surface area contributed by atoms with Gasteiger partial charge >= 0.3 is 0 Å². The lowest BCUT2D eigenvalue weighted by Gasteiger charge is -2.08. The predicted molar refractivity (Wildman–Crippen MR) is 175 cm³/mol. The van der Waals surface area contributed by atoms with E-state index in [0.717, 1.165) is 49.5 Å². The van der Waals surface area contributed by atoms with Gasteiger partial charge in [0.25, 0.3) is 5.65 Å². The summed E-state index contributed by atoms with van der Waals surface area (Å²) in [7, 11) is 2.11. The van der Waals surface area contributed by atoms with Gasteiger partial charge in [0.05, 0.1) is 12.4 Å². The molecule has 44 heavy (non-hydrogen) atoms. The Morgan fingerprint density at radius 3 is 1.95 bits per heavy atom. The fourth-order valence-electron chi connectivity index (χ4n) is 6.46. The Balaban J connectivity index is 1.27. The molecular formula is C38H26N5O+. The van der Waals surface area contributed by atoms with E-state index in [0.29, 0.717) is 17.5 Å². The highest BCUT2D eigenvalue weighted by Crippen LogP contribution is 2.38. The van der Waals surface area contributed by atoms with E-state index in [1.54, 1.807) is 0 Å². The van der Waals surface area contributed by atoms with E-state index in [4.69, 9.17) is 19.4 Å². The number of fused-ring (bicyclic) bond motifs is 9. The molecule has 0 fully saturated rings. The summed E-state index contributed by atoms with van der Waals surface area (Å²) < 4.78 is 11.0. The second-order valence-electron chi connectivity index (χ2n) is 11.3. The molecule has 0 amide bonds. The SMILES string of the molecule is Cc1cccc2c3cc4oc5cc(-c6nc(-c7ccccc7)nc(-c7ccccc7)n6)ccc5c4cc3n3cc[n+](C)c3c12. The first-order valence-electron chi connectivity index (χ1n) is 14.7. The Morgan fingerprint density at radius 1 is 0.591 bits per heavy atom. The number of benzene rings is 5. The molecule has 6 heteroatoms. The Labute approximate surface area is 252 Å². The first-order chi connectivity index (χ1) is 21.6. The highest BCUT2D eigenvalue weighted by Gasteiger charge is 2.21. The molecule has 0 N–H and O–H groups in total. The average molecular weight is 569 g/mol. The molecule has 9 aromatic rings. The van der Waals surface area contributed by atoms with Gasteiger partial charge in [-0.15, -0.1) is 0 Å². The predicted octanol–water partition coefficient (Wildman–Crippen LogP) is 8.46. The fraction of sp³-hybridized carbons (Fsp3) is 0.0526. The Bertz CT molecular complexity index is 2510. The van der Waals surface area contributed by atoms with Gasteiger partial charge in [0.15, 0.2) is 17.5 Å². The summed E-state index contributed by atoms with van der Waals surface area (Å²) in [5, 5.41) is 5.77. The number of hydrogen-bond acceptors (Lipinski definition) is 4. The Morgan fingerprint density at radius 2 is 1.25 bits per heavy atom. The van der Waals surface area contributed by atoms with Crippen LogP contribution in [0.15, 0.2) is 126 Å². The topological polar surface area (TPSA) is 60.1 Å². The lowest BCUT2D eigenvalue weighted by molar-refractivity contribution is -0.643. The number of furan rings is 1. The van der Waals surface area contributed by atoms with Crippen LogP contribution in [0, 0.1) is 6.92 Å². The van der Waals surface area contributed by atoms with Crippen LogP contribution in [0.1, 0.15) is 5.56 Å². The molecule has 0 unspecified atom stereocenters. The van der Waals surface area contributed by atoms with Crippen LogP contribution in [0.25, 0.3) is 83.4 Å². The second kappa shape index (κ2) is 9.31. The molecule has 0 bridgehead atoms. The van der Waals surface area contributed by atoms with Crippen molar-refractivity contribution in [2.24, 2.45) is 7.05 Å². The normalized spacial score (nSPS) is 11.9. The van der Waals surface area contributed by atoms with E-state index >= 15 is 0 Å². The number of nitrogens with zero attached hydrogens (tertiary/aromatic N) is 5. The lowest BCUT2D eigenvalue weighted by Crippen LogP contribution is -2.26. The summed E-state index contributed by atoms with van der Waals surface area (Å²) in [6.45, 7) is 2.18. The van der Waals surface area contributed by atoms with E-state index in [-0.39, 0.29) is 0 Å². The zero-order valence-corrected chi connectivity index (χ0v) is 24.2. The minimum Gasteiger partial charge on any atom is -0.456 e. The van der Waals surface area contributed by atoms with Gasteiger partial charge in [0, 0.05) is 38.2 Å². The van der Waals surface area contributed by atoms with Gasteiger partial charge in [-0.1, -0.05) is 84.9 Å². The zero-order chi connectivity index (χ0) is 29.4. The maximum atomic E-state index is 6.56. The van der Waals surface area contributed by atoms with Crippen molar-refractivity contribution in [1.29, 1.82) is 0 Å². The van der Waals surface area contributed by atoms with Gasteiger partial charge in [-0.25, -0.2) is 19.5 Å². The third kappa shape index (κ3) is 3.67. The number of imidazole rings is 1. The van der Waals surface area contributed by atoms with Gasteiger partial charge in [0.1, 0.15) is 29.1 Å².